The number of rotatable bonds is 4. The molecule has 2 amide bonds. The van der Waals surface area contributed by atoms with Gasteiger partial charge in [-0.25, -0.2) is 0 Å². The molecule has 0 bridgehead atoms. The Balaban J connectivity index is 2.16. The first kappa shape index (κ1) is 17.4. The van der Waals surface area contributed by atoms with E-state index in [-0.39, 0.29) is 0 Å². The average molecular weight is 352 g/mol. The summed E-state index contributed by atoms with van der Waals surface area (Å²) in [6.45, 7) is 0. The molecule has 26 heavy (non-hydrogen) atoms. The summed E-state index contributed by atoms with van der Waals surface area (Å²) in [7, 11) is 3.03. The molecule has 1 aliphatic rings. The number of hydrogen-bond acceptors (Lipinski definition) is 5. The van der Waals surface area contributed by atoms with E-state index in [0.717, 1.165) is 0 Å². The minimum atomic E-state index is -1.01. The Morgan fingerprint density at radius 3 is 2.35 bits per heavy atom. The fraction of sp³-hybridized carbons (Fsp3) is 0.263. The van der Waals surface area contributed by atoms with Crippen molar-refractivity contribution in [2.45, 2.75) is 12.0 Å². The minimum Gasteiger partial charge on any atom is -0.493 e. The minimum absolute atomic E-state index is 0.447. The van der Waals surface area contributed by atoms with E-state index in [1.165, 1.54) is 14.2 Å². The Labute approximate surface area is 150 Å². The molecule has 0 aliphatic carbocycles. The maximum atomic E-state index is 12.6. The molecule has 1 saturated heterocycles. The number of hydrogen-bond donors (Lipinski definition) is 1. The van der Waals surface area contributed by atoms with Crippen LogP contribution in [0.4, 0.5) is 0 Å². The van der Waals surface area contributed by atoms with Crippen molar-refractivity contribution in [1.29, 1.82) is 5.26 Å². The van der Waals surface area contributed by atoms with Gasteiger partial charge in [0, 0.05) is 12.1 Å². The van der Waals surface area contributed by atoms with Gasteiger partial charge >= 0.3 is 0 Å². The number of piperidine rings is 1. The van der Waals surface area contributed by atoms with Crippen LogP contribution in [0.5, 0.6) is 11.5 Å². The van der Waals surface area contributed by atoms with Crippen molar-refractivity contribution in [3.8, 4) is 17.6 Å². The molecule has 0 saturated carbocycles. The zero-order chi connectivity index (χ0) is 18.7. The van der Waals surface area contributed by atoms with Crippen LogP contribution in [-0.2, 0) is 9.59 Å². The van der Waals surface area contributed by atoms with Gasteiger partial charge in [0.1, 0.15) is 5.92 Å². The van der Waals surface area contributed by atoms with Crippen LogP contribution < -0.4 is 19.4 Å². The number of carbonyl (C=O) groups excluding carboxylic acids is 2. The van der Waals surface area contributed by atoms with Crippen LogP contribution in [0, 0.1) is 17.2 Å². The van der Waals surface area contributed by atoms with Crippen LogP contribution in [-0.4, -0.2) is 26.0 Å². The van der Waals surface area contributed by atoms with E-state index in [9.17, 15) is 14.9 Å². The van der Waals surface area contributed by atoms with Crippen LogP contribution in [0.15, 0.2) is 48.8 Å². The molecule has 1 aromatic carbocycles. The Morgan fingerprint density at radius 2 is 1.73 bits per heavy atom. The third-order valence-electron chi connectivity index (χ3n) is 4.49. The second-order valence-corrected chi connectivity index (χ2v) is 5.87. The number of benzene rings is 1. The molecule has 1 aliphatic heterocycles. The smallest absolute Gasteiger partial charge is 0.296 e. The zero-order valence-electron chi connectivity index (χ0n) is 14.4. The first-order chi connectivity index (χ1) is 12.6. The van der Waals surface area contributed by atoms with Gasteiger partial charge in [0.05, 0.1) is 26.2 Å². The first-order valence-electron chi connectivity index (χ1n) is 8.02. The molecule has 1 N–H and O–H groups in total. The summed E-state index contributed by atoms with van der Waals surface area (Å²) in [5.74, 6) is -1.71. The molecule has 3 rings (SSSR count). The highest BCUT2D eigenvalue weighted by atomic mass is 16.5. The number of aromatic nitrogens is 1. The SMILES string of the molecule is COc1ccc([C@H]2[C@H](C#N)C(=O)NC(=O)[C@@H]2[n+]2ccccc2)cc1OC. The number of methoxy groups -OCH3 is 2. The Hall–Kier alpha value is -3.40. The average Bonchev–Trinajstić information content (AvgIpc) is 2.67. The van der Waals surface area contributed by atoms with Crippen molar-refractivity contribution >= 4 is 11.8 Å². The van der Waals surface area contributed by atoms with E-state index < -0.39 is 29.7 Å². The third kappa shape index (κ3) is 2.97. The lowest BCUT2D eigenvalue weighted by atomic mass is 9.77. The van der Waals surface area contributed by atoms with E-state index in [0.29, 0.717) is 17.1 Å². The van der Waals surface area contributed by atoms with Gasteiger partial charge in [-0.2, -0.15) is 9.83 Å². The maximum Gasteiger partial charge on any atom is 0.296 e. The van der Waals surface area contributed by atoms with Gasteiger partial charge in [0.15, 0.2) is 23.9 Å². The zero-order valence-corrected chi connectivity index (χ0v) is 14.4. The van der Waals surface area contributed by atoms with Gasteiger partial charge in [-0.05, 0) is 17.7 Å². The standard InChI is InChI=1S/C19H17N3O4/c1-25-14-7-6-12(10-15(14)26-2)16-13(11-20)18(23)21-19(24)17(16)22-8-4-3-5-9-22/h3-10,13,16-17H,1-2H3/p+1/t13-,16-,17+/m0/s1. The van der Waals surface area contributed by atoms with Crippen LogP contribution in [0.25, 0.3) is 0 Å². The van der Waals surface area contributed by atoms with Gasteiger partial charge in [0.25, 0.3) is 5.91 Å². The molecule has 2 aromatic rings. The van der Waals surface area contributed by atoms with Crippen LogP contribution >= 0.6 is 0 Å². The fourth-order valence-corrected chi connectivity index (χ4v) is 3.27. The summed E-state index contributed by atoms with van der Waals surface area (Å²) in [5, 5.41) is 11.9. The van der Waals surface area contributed by atoms with E-state index in [1.54, 1.807) is 47.3 Å². The highest BCUT2D eigenvalue weighted by Crippen LogP contribution is 2.39. The van der Waals surface area contributed by atoms with Crippen molar-refractivity contribution in [1.82, 2.24) is 5.32 Å². The number of pyridine rings is 1. The van der Waals surface area contributed by atoms with Crippen molar-refractivity contribution in [2.24, 2.45) is 5.92 Å². The highest BCUT2D eigenvalue weighted by Gasteiger charge is 2.50. The maximum absolute atomic E-state index is 12.6. The number of amides is 2. The fourth-order valence-electron chi connectivity index (χ4n) is 3.27. The number of nitriles is 1. The molecular formula is C19H18N3O4+. The number of imide groups is 1. The Bertz CT molecular complexity index is 876. The highest BCUT2D eigenvalue weighted by molar-refractivity contribution is 6.02. The Kier molecular flexibility index (Phi) is 4.85. The predicted octanol–water partition coefficient (Wildman–Crippen LogP) is 1.11. The summed E-state index contributed by atoms with van der Waals surface area (Å²) in [4.78, 5) is 24.9. The van der Waals surface area contributed by atoms with Crippen molar-refractivity contribution in [2.75, 3.05) is 14.2 Å². The molecule has 0 spiro atoms. The number of ether oxygens (including phenoxy) is 2. The number of nitrogens with one attached hydrogen (secondary N) is 1. The van der Waals surface area contributed by atoms with Crippen molar-refractivity contribution in [3.05, 3.63) is 54.4 Å². The van der Waals surface area contributed by atoms with Crippen LogP contribution in [0.1, 0.15) is 17.5 Å². The van der Waals surface area contributed by atoms with E-state index in [2.05, 4.69) is 5.32 Å². The second kappa shape index (κ2) is 7.23. The quantitative estimate of drug-likeness (QED) is 0.657. The first-order valence-corrected chi connectivity index (χ1v) is 8.02. The molecule has 1 fully saturated rings. The van der Waals surface area contributed by atoms with Crippen molar-refractivity contribution < 1.29 is 23.6 Å². The normalized spacial score (nSPS) is 22.3. The Morgan fingerprint density at radius 1 is 1.04 bits per heavy atom. The lowest BCUT2D eigenvalue weighted by Crippen LogP contribution is -2.59. The summed E-state index contributed by atoms with van der Waals surface area (Å²) in [5.41, 5.74) is 0.652. The van der Waals surface area contributed by atoms with Gasteiger partial charge in [-0.3, -0.25) is 14.9 Å². The van der Waals surface area contributed by atoms with Gasteiger partial charge < -0.3 is 9.47 Å². The predicted molar refractivity (Wildman–Crippen MR) is 90.2 cm³/mol. The van der Waals surface area contributed by atoms with E-state index >= 15 is 0 Å². The molecule has 1 aromatic heterocycles. The molecule has 0 radical (unpaired) electrons. The van der Waals surface area contributed by atoms with Crippen LogP contribution in [0.2, 0.25) is 0 Å². The summed E-state index contributed by atoms with van der Waals surface area (Å²) in [6, 6.07) is 11.9. The molecule has 2 heterocycles. The van der Waals surface area contributed by atoms with Crippen molar-refractivity contribution in [3.63, 3.8) is 0 Å². The van der Waals surface area contributed by atoms with Crippen LogP contribution in [0.3, 0.4) is 0 Å². The lowest BCUT2D eigenvalue weighted by Gasteiger charge is -2.30. The summed E-state index contributed by atoms with van der Waals surface area (Å²) < 4.78 is 12.3. The molecule has 132 valence electrons. The second-order valence-electron chi connectivity index (χ2n) is 5.87. The number of nitrogens with zero attached hydrogens (tertiary/aromatic N) is 2. The molecular weight excluding hydrogens is 334 g/mol. The largest absolute Gasteiger partial charge is 0.493 e. The monoisotopic (exact) mass is 352 g/mol. The topological polar surface area (TPSA) is 92.3 Å². The van der Waals surface area contributed by atoms with E-state index in [4.69, 9.17) is 9.47 Å². The molecule has 0 unspecified atom stereocenters. The van der Waals surface area contributed by atoms with Gasteiger partial charge in [-0.1, -0.05) is 12.1 Å². The molecule has 7 nitrogen and oxygen atoms in total. The third-order valence-corrected chi connectivity index (χ3v) is 4.49. The van der Waals surface area contributed by atoms with E-state index in [1.807, 2.05) is 12.1 Å². The summed E-state index contributed by atoms with van der Waals surface area (Å²) >= 11 is 0. The summed E-state index contributed by atoms with van der Waals surface area (Å²) in [6.07, 6.45) is 3.48. The van der Waals surface area contributed by atoms with Gasteiger partial charge in [-0.15, -0.1) is 0 Å². The van der Waals surface area contributed by atoms with Gasteiger partial charge in [0.2, 0.25) is 11.9 Å². The molecule has 3 atom stereocenters. The number of carbonyl (C=O) groups is 2. The molecule has 7 heteroatoms. The lowest BCUT2D eigenvalue weighted by molar-refractivity contribution is -0.713.